The third-order valence-corrected chi connectivity index (χ3v) is 1.70. The molecule has 0 radical (unpaired) electrons. The largest absolute Gasteiger partial charge is 0.476 e. The Hall–Kier alpha value is -1.80. The van der Waals surface area contributed by atoms with Gasteiger partial charge in [0.2, 0.25) is 5.78 Å². The van der Waals surface area contributed by atoms with E-state index in [0.29, 0.717) is 0 Å². The summed E-state index contributed by atoms with van der Waals surface area (Å²) >= 11 is 0. The first-order valence-electron chi connectivity index (χ1n) is 4.83. The summed E-state index contributed by atoms with van der Waals surface area (Å²) in [7, 11) is 0. The van der Waals surface area contributed by atoms with Crippen LogP contribution in [0.15, 0.2) is 0 Å². The van der Waals surface area contributed by atoms with Gasteiger partial charge in [-0.1, -0.05) is 0 Å². The van der Waals surface area contributed by atoms with E-state index in [1.165, 1.54) is 0 Å². The fourth-order valence-electron chi connectivity index (χ4n) is 0.836. The van der Waals surface area contributed by atoms with Crippen LogP contribution in [0.4, 0.5) is 0 Å². The van der Waals surface area contributed by atoms with Crippen molar-refractivity contribution in [2.75, 3.05) is 0 Å². The molecule has 0 aliphatic heterocycles. The van der Waals surface area contributed by atoms with E-state index in [2.05, 4.69) is 4.74 Å². The number of carbonyl (C=O) groups excluding carboxylic acids is 3. The monoisotopic (exact) mass is 246 g/mol. The molecule has 0 bridgehead atoms. The third kappa shape index (κ3) is 8.05. The summed E-state index contributed by atoms with van der Waals surface area (Å²) in [5.74, 6) is -4.49. The average Bonchev–Trinajstić information content (AvgIpc) is 2.22. The van der Waals surface area contributed by atoms with E-state index in [9.17, 15) is 19.2 Å². The number of carbonyl (C=O) groups is 4. The maximum atomic E-state index is 11.0. The van der Waals surface area contributed by atoms with Gasteiger partial charge in [-0.15, -0.1) is 0 Å². The molecule has 8 heteroatoms. The topological polar surface area (TPSA) is 150 Å². The predicted molar refractivity (Wildman–Crippen MR) is 54.4 cm³/mol. The molecule has 0 aliphatic rings. The second-order valence-electron chi connectivity index (χ2n) is 3.28. The number of nitrogens with two attached hydrogens (primary N) is 2. The van der Waals surface area contributed by atoms with Gasteiger partial charge in [0.1, 0.15) is 0 Å². The highest BCUT2D eigenvalue weighted by atomic mass is 16.6. The number of ketones is 1. The third-order valence-electron chi connectivity index (χ3n) is 1.70. The zero-order valence-electron chi connectivity index (χ0n) is 9.05. The van der Waals surface area contributed by atoms with Crippen molar-refractivity contribution in [2.24, 2.45) is 11.5 Å². The van der Waals surface area contributed by atoms with Crippen LogP contribution in [-0.4, -0.2) is 35.0 Å². The minimum Gasteiger partial charge on any atom is -0.476 e. The van der Waals surface area contributed by atoms with Gasteiger partial charge in [0.05, 0.1) is 12.6 Å². The summed E-state index contributed by atoms with van der Waals surface area (Å²) < 4.78 is 4.30. The number of esters is 2. The van der Waals surface area contributed by atoms with Crippen molar-refractivity contribution in [1.29, 1.82) is 0 Å². The highest BCUT2D eigenvalue weighted by Crippen LogP contribution is 1.99. The lowest BCUT2D eigenvalue weighted by atomic mass is 10.2. The molecule has 0 amide bonds. The quantitative estimate of drug-likeness (QED) is 0.213. The van der Waals surface area contributed by atoms with Crippen LogP contribution in [0.2, 0.25) is 0 Å². The van der Waals surface area contributed by atoms with E-state index in [1.807, 2.05) is 0 Å². The molecule has 8 nitrogen and oxygen atoms in total. The molecule has 0 saturated heterocycles. The molecule has 0 aromatic heterocycles. The fraction of sp³-hybridized carbons (Fsp3) is 0.556. The molecule has 0 atom stereocenters. The van der Waals surface area contributed by atoms with Gasteiger partial charge in [0, 0.05) is 12.8 Å². The van der Waals surface area contributed by atoms with Gasteiger partial charge >= 0.3 is 17.9 Å². The molecule has 17 heavy (non-hydrogen) atoms. The maximum Gasteiger partial charge on any atom is 0.372 e. The number of carboxylic acid groups (broad SMARTS) is 1. The Morgan fingerprint density at radius 3 is 2.00 bits per heavy atom. The van der Waals surface area contributed by atoms with Crippen LogP contribution in [0.3, 0.4) is 0 Å². The summed E-state index contributed by atoms with van der Waals surface area (Å²) in [5.41, 5.74) is 10.4. The van der Waals surface area contributed by atoms with Crippen LogP contribution in [-0.2, 0) is 23.9 Å². The molecule has 0 rings (SSSR count). The number of ether oxygens (including phenoxy) is 1. The van der Waals surface area contributed by atoms with E-state index in [1.54, 1.807) is 0 Å². The van der Waals surface area contributed by atoms with Crippen LogP contribution in [0.5, 0.6) is 0 Å². The fourth-order valence-corrected chi connectivity index (χ4v) is 0.836. The van der Waals surface area contributed by atoms with Crippen LogP contribution >= 0.6 is 0 Å². The molecule has 0 saturated carbocycles. The van der Waals surface area contributed by atoms with Gasteiger partial charge < -0.3 is 21.3 Å². The first-order chi connectivity index (χ1) is 7.82. The molecule has 96 valence electrons. The highest BCUT2D eigenvalue weighted by Gasteiger charge is 2.16. The summed E-state index contributed by atoms with van der Waals surface area (Å²) in [6.45, 7) is 0. The highest BCUT2D eigenvalue weighted by molar-refractivity contribution is 6.32. The molecular formula is C9H14N2O6. The molecule has 0 spiro atoms. The molecular weight excluding hydrogens is 232 g/mol. The minimum absolute atomic E-state index is 0.115. The summed E-state index contributed by atoms with van der Waals surface area (Å²) in [6, 6.07) is 0. The SMILES string of the molecule is NC(N)CCC(=O)OC(=O)CCC(=O)C(=O)O. The van der Waals surface area contributed by atoms with E-state index in [0.717, 1.165) is 0 Å². The van der Waals surface area contributed by atoms with Crippen molar-refractivity contribution >= 4 is 23.7 Å². The van der Waals surface area contributed by atoms with Crippen molar-refractivity contribution in [3.63, 3.8) is 0 Å². The molecule has 0 unspecified atom stereocenters. The lowest BCUT2D eigenvalue weighted by Crippen LogP contribution is -2.31. The minimum atomic E-state index is -1.63. The Bertz CT molecular complexity index is 325. The van der Waals surface area contributed by atoms with Gasteiger partial charge in [-0.2, -0.15) is 0 Å². The first kappa shape index (κ1) is 15.2. The Morgan fingerprint density at radius 1 is 1.00 bits per heavy atom. The second kappa shape index (κ2) is 7.47. The summed E-state index contributed by atoms with van der Waals surface area (Å²) in [5, 5.41) is 8.23. The zero-order valence-corrected chi connectivity index (χ0v) is 9.05. The van der Waals surface area contributed by atoms with E-state index < -0.39 is 42.7 Å². The number of Topliss-reactive ketones (excluding diaryl/α,β-unsaturated/α-hetero) is 1. The molecule has 0 aromatic rings. The number of hydrogen-bond donors (Lipinski definition) is 3. The first-order valence-corrected chi connectivity index (χ1v) is 4.83. The standard InChI is InChI=1S/C9H14N2O6/c10-6(11)2-4-8(14)17-7(13)3-1-5(12)9(15)16/h6H,1-4,10-11H2,(H,15,16). The molecule has 0 heterocycles. The number of hydrogen-bond acceptors (Lipinski definition) is 7. The molecule has 0 fully saturated rings. The van der Waals surface area contributed by atoms with E-state index in [4.69, 9.17) is 16.6 Å². The summed E-state index contributed by atoms with van der Waals surface area (Å²) in [4.78, 5) is 42.7. The Labute approximate surface area is 96.9 Å². The smallest absolute Gasteiger partial charge is 0.372 e. The van der Waals surface area contributed by atoms with Crippen molar-refractivity contribution < 1.29 is 29.0 Å². The lowest BCUT2D eigenvalue weighted by Gasteiger charge is -2.04. The van der Waals surface area contributed by atoms with Gasteiger partial charge in [-0.25, -0.2) is 4.79 Å². The Morgan fingerprint density at radius 2 is 1.53 bits per heavy atom. The van der Waals surface area contributed by atoms with E-state index >= 15 is 0 Å². The number of carboxylic acids is 1. The van der Waals surface area contributed by atoms with Gasteiger partial charge in [-0.3, -0.25) is 14.4 Å². The number of aliphatic carboxylic acids is 1. The molecule has 0 aliphatic carbocycles. The Kier molecular flexibility index (Phi) is 6.68. The second-order valence-corrected chi connectivity index (χ2v) is 3.28. The van der Waals surface area contributed by atoms with Gasteiger partial charge in [0.15, 0.2) is 0 Å². The van der Waals surface area contributed by atoms with Crippen molar-refractivity contribution in [3.8, 4) is 0 Å². The van der Waals surface area contributed by atoms with Crippen LogP contribution in [0.1, 0.15) is 25.7 Å². The van der Waals surface area contributed by atoms with Crippen molar-refractivity contribution in [1.82, 2.24) is 0 Å². The van der Waals surface area contributed by atoms with Gasteiger partial charge in [0.25, 0.3) is 0 Å². The van der Waals surface area contributed by atoms with Crippen molar-refractivity contribution in [3.05, 3.63) is 0 Å². The normalized spacial score (nSPS) is 10.1. The molecule has 0 aromatic carbocycles. The zero-order chi connectivity index (χ0) is 13.4. The van der Waals surface area contributed by atoms with E-state index in [-0.39, 0.29) is 12.8 Å². The average molecular weight is 246 g/mol. The predicted octanol–water partition coefficient (Wildman–Crippen LogP) is -1.49. The molecule has 5 N–H and O–H groups in total. The van der Waals surface area contributed by atoms with Crippen molar-refractivity contribution in [2.45, 2.75) is 31.8 Å². The number of rotatable bonds is 7. The Balaban J connectivity index is 3.82. The van der Waals surface area contributed by atoms with Gasteiger partial charge in [-0.05, 0) is 6.42 Å². The van der Waals surface area contributed by atoms with Crippen LogP contribution in [0.25, 0.3) is 0 Å². The maximum absolute atomic E-state index is 11.0. The van der Waals surface area contributed by atoms with Crippen LogP contribution in [0, 0.1) is 0 Å². The lowest BCUT2D eigenvalue weighted by molar-refractivity contribution is -0.160. The summed E-state index contributed by atoms with van der Waals surface area (Å²) in [6.07, 6.45) is -1.58. The van der Waals surface area contributed by atoms with Crippen LogP contribution < -0.4 is 11.5 Å².